The fraction of sp³-hybridized carbons (Fsp3) is 0.667. The topological polar surface area (TPSA) is 122 Å². The third-order valence-corrected chi connectivity index (χ3v) is 2.27. The van der Waals surface area contributed by atoms with E-state index in [2.05, 4.69) is 10.6 Å². The van der Waals surface area contributed by atoms with Crippen LogP contribution in [0.1, 0.15) is 20.8 Å². The van der Waals surface area contributed by atoms with Crippen molar-refractivity contribution < 1.29 is 19.5 Å². The minimum atomic E-state index is -1.00. The molecule has 3 unspecified atom stereocenters. The second kappa shape index (κ2) is 5.94. The van der Waals surface area contributed by atoms with E-state index < -0.39 is 35.9 Å². The number of nitrogens with one attached hydrogen (secondary N) is 2. The molecular weight excluding hydrogens is 214 g/mol. The summed E-state index contributed by atoms with van der Waals surface area (Å²) < 4.78 is 0. The molecule has 0 spiro atoms. The Kier molecular flexibility index (Phi) is 5.27. The van der Waals surface area contributed by atoms with Crippen LogP contribution in [0.25, 0.3) is 0 Å². The molecule has 92 valence electrons. The lowest BCUT2D eigenvalue weighted by atomic mass is 10.0. The van der Waals surface area contributed by atoms with E-state index in [4.69, 9.17) is 10.8 Å². The quantitative estimate of drug-likeness (QED) is 0.498. The van der Waals surface area contributed by atoms with E-state index in [0.717, 1.165) is 0 Å². The molecule has 7 heteroatoms. The average molecular weight is 231 g/mol. The summed E-state index contributed by atoms with van der Waals surface area (Å²) in [6.45, 7) is 4.48. The molecule has 0 bridgehead atoms. The summed E-state index contributed by atoms with van der Waals surface area (Å²) in [6, 6.07) is -1.96. The summed E-state index contributed by atoms with van der Waals surface area (Å²) in [5, 5.41) is 13.4. The lowest BCUT2D eigenvalue weighted by Gasteiger charge is -2.19. The van der Waals surface area contributed by atoms with Crippen LogP contribution >= 0.6 is 0 Å². The van der Waals surface area contributed by atoms with Gasteiger partial charge in [-0.2, -0.15) is 0 Å². The van der Waals surface area contributed by atoms with Crippen LogP contribution in [-0.2, 0) is 9.59 Å². The Labute approximate surface area is 93.4 Å². The number of carboxylic acids is 1. The number of hydrogen-bond acceptors (Lipinski definition) is 3. The van der Waals surface area contributed by atoms with Crippen molar-refractivity contribution in [3.05, 3.63) is 0 Å². The summed E-state index contributed by atoms with van der Waals surface area (Å²) in [5.74, 6) is -2.38. The van der Waals surface area contributed by atoms with E-state index in [1.165, 1.54) is 13.8 Å². The zero-order chi connectivity index (χ0) is 12.9. The van der Waals surface area contributed by atoms with Crippen molar-refractivity contribution in [1.29, 1.82) is 0 Å². The van der Waals surface area contributed by atoms with Gasteiger partial charge in [-0.05, 0) is 20.8 Å². The van der Waals surface area contributed by atoms with Crippen LogP contribution in [0.2, 0.25) is 0 Å². The predicted octanol–water partition coefficient (Wildman–Crippen LogP) is -0.731. The highest BCUT2D eigenvalue weighted by atomic mass is 16.4. The molecule has 7 nitrogen and oxygen atoms in total. The van der Waals surface area contributed by atoms with Crippen LogP contribution in [0.4, 0.5) is 4.79 Å². The van der Waals surface area contributed by atoms with Crippen molar-refractivity contribution in [1.82, 2.24) is 10.6 Å². The van der Waals surface area contributed by atoms with Crippen molar-refractivity contribution >= 4 is 17.9 Å². The zero-order valence-corrected chi connectivity index (χ0v) is 9.48. The third kappa shape index (κ3) is 4.63. The molecule has 0 aromatic rings. The summed E-state index contributed by atoms with van der Waals surface area (Å²) in [4.78, 5) is 32.5. The first-order valence-corrected chi connectivity index (χ1v) is 4.84. The molecule has 0 aromatic carbocycles. The molecule has 0 rings (SSSR count). The minimum Gasteiger partial charge on any atom is -0.481 e. The molecule has 0 radical (unpaired) electrons. The fourth-order valence-electron chi connectivity index (χ4n) is 0.855. The monoisotopic (exact) mass is 231 g/mol. The van der Waals surface area contributed by atoms with Gasteiger partial charge in [0.15, 0.2) is 0 Å². The van der Waals surface area contributed by atoms with Crippen molar-refractivity contribution in [2.45, 2.75) is 32.9 Å². The van der Waals surface area contributed by atoms with Crippen LogP contribution < -0.4 is 16.4 Å². The first-order chi connectivity index (χ1) is 7.25. The average Bonchev–Trinajstić information content (AvgIpc) is 2.15. The van der Waals surface area contributed by atoms with E-state index >= 15 is 0 Å². The molecule has 0 aliphatic rings. The van der Waals surface area contributed by atoms with Gasteiger partial charge in [0.2, 0.25) is 5.91 Å². The molecule has 3 atom stereocenters. The SMILES string of the molecule is CC(NC(=O)NC(C)C(C)C(=O)O)C(N)=O. The molecule has 0 aromatic heterocycles. The molecule has 0 fully saturated rings. The van der Waals surface area contributed by atoms with Gasteiger partial charge in [0.05, 0.1) is 5.92 Å². The fourth-order valence-corrected chi connectivity index (χ4v) is 0.855. The summed E-state index contributed by atoms with van der Waals surface area (Å²) in [6.07, 6.45) is 0. The second-order valence-electron chi connectivity index (χ2n) is 3.66. The van der Waals surface area contributed by atoms with Crippen molar-refractivity contribution in [2.75, 3.05) is 0 Å². The van der Waals surface area contributed by atoms with Crippen LogP contribution in [0.15, 0.2) is 0 Å². The third-order valence-electron chi connectivity index (χ3n) is 2.27. The predicted molar refractivity (Wildman–Crippen MR) is 56.6 cm³/mol. The Hall–Kier alpha value is -1.79. The minimum absolute atomic E-state index is 0.544. The first-order valence-electron chi connectivity index (χ1n) is 4.84. The summed E-state index contributed by atoms with van der Waals surface area (Å²) >= 11 is 0. The number of carbonyl (C=O) groups is 3. The van der Waals surface area contributed by atoms with Crippen LogP contribution in [0.5, 0.6) is 0 Å². The van der Waals surface area contributed by atoms with Gasteiger partial charge in [0.1, 0.15) is 6.04 Å². The van der Waals surface area contributed by atoms with Crippen molar-refractivity contribution in [3.8, 4) is 0 Å². The van der Waals surface area contributed by atoms with E-state index in [1.54, 1.807) is 6.92 Å². The van der Waals surface area contributed by atoms with E-state index in [-0.39, 0.29) is 0 Å². The molecule has 3 amide bonds. The molecule has 0 saturated carbocycles. The maximum atomic E-state index is 11.3. The van der Waals surface area contributed by atoms with Crippen molar-refractivity contribution in [3.63, 3.8) is 0 Å². The van der Waals surface area contributed by atoms with E-state index in [1.807, 2.05) is 0 Å². The lowest BCUT2D eigenvalue weighted by Crippen LogP contribution is -2.50. The molecule has 16 heavy (non-hydrogen) atoms. The summed E-state index contributed by atoms with van der Waals surface area (Å²) in [7, 11) is 0. The van der Waals surface area contributed by atoms with Crippen LogP contribution in [0, 0.1) is 5.92 Å². The largest absolute Gasteiger partial charge is 0.481 e. The van der Waals surface area contributed by atoms with Gasteiger partial charge in [-0.1, -0.05) is 0 Å². The number of carboxylic acid groups (broad SMARTS) is 1. The Bertz CT molecular complexity index is 292. The number of amides is 3. The normalized spacial score (nSPS) is 15.7. The number of aliphatic carboxylic acids is 1. The van der Waals surface area contributed by atoms with Gasteiger partial charge in [-0.25, -0.2) is 4.79 Å². The Morgan fingerprint density at radius 3 is 2.00 bits per heavy atom. The van der Waals surface area contributed by atoms with Gasteiger partial charge < -0.3 is 21.5 Å². The maximum Gasteiger partial charge on any atom is 0.315 e. The smallest absolute Gasteiger partial charge is 0.315 e. The first kappa shape index (κ1) is 14.2. The highest BCUT2D eigenvalue weighted by Crippen LogP contribution is 2.01. The van der Waals surface area contributed by atoms with Gasteiger partial charge in [0, 0.05) is 6.04 Å². The van der Waals surface area contributed by atoms with E-state index in [9.17, 15) is 14.4 Å². The number of rotatable bonds is 5. The maximum absolute atomic E-state index is 11.3. The molecule has 0 saturated heterocycles. The molecule has 5 N–H and O–H groups in total. The number of primary amides is 1. The Balaban J connectivity index is 4.15. The summed E-state index contributed by atoms with van der Waals surface area (Å²) in [5.41, 5.74) is 4.95. The molecule has 0 aliphatic carbocycles. The highest BCUT2D eigenvalue weighted by Gasteiger charge is 2.21. The van der Waals surface area contributed by atoms with Gasteiger partial charge in [-0.15, -0.1) is 0 Å². The van der Waals surface area contributed by atoms with Gasteiger partial charge in [0.25, 0.3) is 0 Å². The number of carbonyl (C=O) groups excluding carboxylic acids is 2. The molecule has 0 heterocycles. The zero-order valence-electron chi connectivity index (χ0n) is 9.48. The highest BCUT2D eigenvalue weighted by molar-refractivity contribution is 5.85. The number of nitrogens with two attached hydrogens (primary N) is 1. The number of hydrogen-bond donors (Lipinski definition) is 4. The Morgan fingerprint density at radius 1 is 1.12 bits per heavy atom. The second-order valence-corrected chi connectivity index (χ2v) is 3.66. The van der Waals surface area contributed by atoms with Crippen LogP contribution in [-0.4, -0.2) is 35.1 Å². The van der Waals surface area contributed by atoms with Gasteiger partial charge >= 0.3 is 12.0 Å². The van der Waals surface area contributed by atoms with Gasteiger partial charge in [-0.3, -0.25) is 9.59 Å². The number of urea groups is 1. The standard InChI is InChI=1S/C9H17N3O4/c1-4(8(14)15)5(2)11-9(16)12-6(3)7(10)13/h4-6H,1-3H3,(H2,10,13)(H,14,15)(H2,11,12,16). The lowest BCUT2D eigenvalue weighted by molar-refractivity contribution is -0.141. The van der Waals surface area contributed by atoms with E-state index in [0.29, 0.717) is 0 Å². The van der Waals surface area contributed by atoms with Crippen LogP contribution in [0.3, 0.4) is 0 Å². The molecule has 0 aliphatic heterocycles. The Morgan fingerprint density at radius 2 is 1.62 bits per heavy atom. The van der Waals surface area contributed by atoms with Crippen molar-refractivity contribution in [2.24, 2.45) is 11.7 Å². The molecular formula is C9H17N3O4.